The predicted octanol–water partition coefficient (Wildman–Crippen LogP) is 3.20. The Morgan fingerprint density at radius 1 is 1.22 bits per heavy atom. The molecule has 0 saturated carbocycles. The van der Waals surface area contributed by atoms with Crippen LogP contribution in [-0.4, -0.2) is 52.9 Å². The molecule has 0 saturated heterocycles. The third kappa shape index (κ3) is 5.73. The average Bonchev–Trinajstić information content (AvgIpc) is 3.09. The van der Waals surface area contributed by atoms with E-state index in [1.54, 1.807) is 24.3 Å². The quantitative estimate of drug-likeness (QED) is 0.552. The van der Waals surface area contributed by atoms with Gasteiger partial charge in [0.15, 0.2) is 6.10 Å². The lowest BCUT2D eigenvalue weighted by Crippen LogP contribution is -2.39. The van der Waals surface area contributed by atoms with Gasteiger partial charge in [0.05, 0.1) is 11.9 Å². The zero-order valence-corrected chi connectivity index (χ0v) is 20.1. The minimum atomic E-state index is -3.32. The molecule has 7 nitrogen and oxygen atoms in total. The van der Waals surface area contributed by atoms with E-state index in [2.05, 4.69) is 41.4 Å². The number of anilines is 2. The second-order valence-electron chi connectivity index (χ2n) is 8.26. The number of amides is 1. The lowest BCUT2D eigenvalue weighted by Gasteiger charge is -2.25. The summed E-state index contributed by atoms with van der Waals surface area (Å²) in [6.45, 7) is 5.62. The minimum Gasteiger partial charge on any atom is -0.481 e. The normalized spacial score (nSPS) is 16.4. The molecule has 2 atom stereocenters. The van der Waals surface area contributed by atoms with E-state index in [0.717, 1.165) is 25.6 Å². The van der Waals surface area contributed by atoms with E-state index in [9.17, 15) is 13.2 Å². The maximum Gasteiger partial charge on any atom is 0.261 e. The van der Waals surface area contributed by atoms with Crippen molar-refractivity contribution in [1.82, 2.24) is 5.32 Å². The Kier molecular flexibility index (Phi) is 7.66. The van der Waals surface area contributed by atoms with E-state index >= 15 is 0 Å². The van der Waals surface area contributed by atoms with Gasteiger partial charge >= 0.3 is 0 Å². The van der Waals surface area contributed by atoms with E-state index in [1.165, 1.54) is 22.6 Å². The van der Waals surface area contributed by atoms with Gasteiger partial charge in [-0.1, -0.05) is 25.1 Å². The molecule has 3 rings (SSSR count). The molecule has 32 heavy (non-hydrogen) atoms. The Labute approximate surface area is 191 Å². The van der Waals surface area contributed by atoms with Crippen molar-refractivity contribution < 1.29 is 17.9 Å². The van der Waals surface area contributed by atoms with Gasteiger partial charge in [0, 0.05) is 31.9 Å². The van der Waals surface area contributed by atoms with E-state index < -0.39 is 16.1 Å². The zero-order chi connectivity index (χ0) is 23.3. The van der Waals surface area contributed by atoms with Crippen LogP contribution in [0.3, 0.4) is 0 Å². The fourth-order valence-corrected chi connectivity index (χ4v) is 4.46. The summed E-state index contributed by atoms with van der Waals surface area (Å²) < 4.78 is 30.4. The first kappa shape index (κ1) is 23.9. The maximum absolute atomic E-state index is 12.6. The number of sulfonamides is 1. The van der Waals surface area contributed by atoms with E-state index in [0.29, 0.717) is 30.4 Å². The number of ether oxygens (including phenoxy) is 1. The number of benzene rings is 2. The maximum atomic E-state index is 12.6. The van der Waals surface area contributed by atoms with Crippen LogP contribution < -0.4 is 19.3 Å². The van der Waals surface area contributed by atoms with Crippen molar-refractivity contribution in [3.8, 4) is 5.75 Å². The Hall–Kier alpha value is -2.74. The lowest BCUT2D eigenvalue weighted by molar-refractivity contribution is -0.128. The number of rotatable bonds is 10. The summed E-state index contributed by atoms with van der Waals surface area (Å²) in [5.74, 6) is 0.389. The van der Waals surface area contributed by atoms with Crippen molar-refractivity contribution in [3.05, 3.63) is 54.1 Å². The van der Waals surface area contributed by atoms with Crippen LogP contribution in [0, 0.1) is 0 Å². The van der Waals surface area contributed by atoms with Gasteiger partial charge in [0.1, 0.15) is 5.75 Å². The van der Waals surface area contributed by atoms with Gasteiger partial charge in [-0.25, -0.2) is 8.42 Å². The number of hydrogen-bond acceptors (Lipinski definition) is 5. The third-order valence-electron chi connectivity index (χ3n) is 5.86. The number of carbonyl (C=O) groups is 1. The molecule has 174 valence electrons. The van der Waals surface area contributed by atoms with Gasteiger partial charge in [-0.2, -0.15) is 0 Å². The Morgan fingerprint density at radius 2 is 1.91 bits per heavy atom. The van der Waals surface area contributed by atoms with Crippen LogP contribution >= 0.6 is 0 Å². The highest BCUT2D eigenvalue weighted by atomic mass is 32.2. The molecule has 1 heterocycles. The van der Waals surface area contributed by atoms with Crippen molar-refractivity contribution in [3.63, 3.8) is 0 Å². The number of nitrogens with zero attached hydrogens (tertiary/aromatic N) is 2. The minimum absolute atomic E-state index is 0.139. The van der Waals surface area contributed by atoms with Crippen molar-refractivity contribution >= 4 is 27.3 Å². The van der Waals surface area contributed by atoms with Crippen LogP contribution in [0.25, 0.3) is 0 Å². The molecule has 2 aromatic carbocycles. The van der Waals surface area contributed by atoms with Crippen molar-refractivity contribution in [2.45, 2.75) is 45.3 Å². The second kappa shape index (κ2) is 10.3. The first-order chi connectivity index (χ1) is 15.2. The molecular weight excluding hydrogens is 426 g/mol. The Bertz CT molecular complexity index is 1020. The van der Waals surface area contributed by atoms with Gasteiger partial charge in [0.2, 0.25) is 10.0 Å². The molecule has 0 bridgehead atoms. The summed E-state index contributed by atoms with van der Waals surface area (Å²) in [6, 6.07) is 15.7. The van der Waals surface area contributed by atoms with Crippen LogP contribution in [0.15, 0.2) is 48.5 Å². The fourth-order valence-electron chi connectivity index (χ4n) is 3.96. The number of fused-ring (bicyclic) bond motifs is 1. The van der Waals surface area contributed by atoms with Gasteiger partial charge in [0.25, 0.3) is 5.91 Å². The molecule has 2 unspecified atom stereocenters. The highest BCUT2D eigenvalue weighted by molar-refractivity contribution is 7.92. The topological polar surface area (TPSA) is 78.9 Å². The summed E-state index contributed by atoms with van der Waals surface area (Å²) in [6.07, 6.45) is 3.01. The zero-order valence-electron chi connectivity index (χ0n) is 19.2. The van der Waals surface area contributed by atoms with E-state index in [-0.39, 0.29) is 5.91 Å². The van der Waals surface area contributed by atoms with Gasteiger partial charge in [-0.3, -0.25) is 9.10 Å². The highest BCUT2D eigenvalue weighted by Crippen LogP contribution is 2.31. The molecule has 0 aromatic heterocycles. The number of nitrogens with one attached hydrogen (secondary N) is 1. The Morgan fingerprint density at radius 3 is 2.56 bits per heavy atom. The molecule has 2 aromatic rings. The molecule has 0 fully saturated rings. The Balaban J connectivity index is 1.48. The smallest absolute Gasteiger partial charge is 0.261 e. The molecule has 8 heteroatoms. The van der Waals surface area contributed by atoms with Gasteiger partial charge in [-0.15, -0.1) is 0 Å². The number of para-hydroxylation sites is 1. The summed E-state index contributed by atoms with van der Waals surface area (Å²) in [7, 11) is -1.83. The predicted molar refractivity (Wildman–Crippen MR) is 129 cm³/mol. The third-order valence-corrected chi connectivity index (χ3v) is 7.07. The van der Waals surface area contributed by atoms with E-state index in [1.807, 2.05) is 6.92 Å². The second-order valence-corrected chi connectivity index (χ2v) is 10.3. The largest absolute Gasteiger partial charge is 0.481 e. The summed E-state index contributed by atoms with van der Waals surface area (Å²) in [5, 5.41) is 2.99. The molecule has 1 aliphatic heterocycles. The first-order valence-corrected chi connectivity index (χ1v) is 12.9. The molecule has 0 radical (unpaired) electrons. The SMILES string of the molecule is CCC(Oc1ccc(N(C)S(C)(=O)=O)cc1)C(=O)NCCCN1c2ccccc2CC1C. The van der Waals surface area contributed by atoms with Crippen molar-refractivity contribution in [2.75, 3.05) is 35.6 Å². The fraction of sp³-hybridized carbons (Fsp3) is 0.458. The molecule has 0 spiro atoms. The molecule has 1 amide bonds. The van der Waals surface area contributed by atoms with E-state index in [4.69, 9.17) is 4.74 Å². The van der Waals surface area contributed by atoms with Gasteiger partial charge in [-0.05, 0) is 62.1 Å². The van der Waals surface area contributed by atoms with Crippen LogP contribution in [-0.2, 0) is 21.2 Å². The van der Waals surface area contributed by atoms with Crippen LogP contribution in [0.2, 0.25) is 0 Å². The van der Waals surface area contributed by atoms with Crippen LogP contribution in [0.1, 0.15) is 32.3 Å². The summed E-state index contributed by atoms with van der Waals surface area (Å²) >= 11 is 0. The van der Waals surface area contributed by atoms with Gasteiger partial charge < -0.3 is 15.0 Å². The van der Waals surface area contributed by atoms with Crippen molar-refractivity contribution in [1.29, 1.82) is 0 Å². The lowest BCUT2D eigenvalue weighted by atomic mass is 10.1. The summed E-state index contributed by atoms with van der Waals surface area (Å²) in [5.41, 5.74) is 3.22. The monoisotopic (exact) mass is 459 g/mol. The standard InChI is InChI=1S/C24H33N3O4S/c1-5-23(31-21-13-11-20(12-14-21)26(3)32(4,29)30)24(28)25-15-8-16-27-18(2)17-19-9-6-7-10-22(19)27/h6-7,9-14,18,23H,5,8,15-17H2,1-4H3,(H,25,28). The first-order valence-electron chi connectivity index (χ1n) is 11.0. The molecule has 1 N–H and O–H groups in total. The average molecular weight is 460 g/mol. The number of hydrogen-bond donors (Lipinski definition) is 1. The number of carbonyl (C=O) groups excluding carboxylic acids is 1. The molecular formula is C24H33N3O4S. The van der Waals surface area contributed by atoms with Crippen LogP contribution in [0.4, 0.5) is 11.4 Å². The summed E-state index contributed by atoms with van der Waals surface area (Å²) in [4.78, 5) is 15.0. The van der Waals surface area contributed by atoms with Crippen molar-refractivity contribution in [2.24, 2.45) is 0 Å². The molecule has 1 aliphatic rings. The molecule has 0 aliphatic carbocycles. The van der Waals surface area contributed by atoms with Crippen LogP contribution in [0.5, 0.6) is 5.75 Å². The highest BCUT2D eigenvalue weighted by Gasteiger charge is 2.25.